The van der Waals surface area contributed by atoms with Gasteiger partial charge in [-0.05, 0) is 38.5 Å². The molecule has 1 aliphatic heterocycles. The van der Waals surface area contributed by atoms with Crippen molar-refractivity contribution in [3.05, 3.63) is 0 Å². The molecule has 1 amide bonds. The van der Waals surface area contributed by atoms with Crippen LogP contribution in [0.4, 0.5) is 0 Å². The minimum absolute atomic E-state index is 0.109. The van der Waals surface area contributed by atoms with Crippen LogP contribution in [-0.2, 0) is 9.53 Å². The van der Waals surface area contributed by atoms with E-state index in [0.717, 1.165) is 31.8 Å². The third-order valence-corrected chi connectivity index (χ3v) is 3.88. The zero-order valence-electron chi connectivity index (χ0n) is 11.6. The molecule has 1 saturated carbocycles. The molecular formula is C14H26N2O2. The SMILES string of the molecule is CCCC(C)NC(=O)CNC1CCOC1C1CC1. The Morgan fingerprint density at radius 3 is 2.83 bits per heavy atom. The molecule has 0 aromatic carbocycles. The molecule has 2 aliphatic rings. The molecule has 0 aromatic heterocycles. The van der Waals surface area contributed by atoms with Crippen molar-refractivity contribution in [2.75, 3.05) is 13.2 Å². The lowest BCUT2D eigenvalue weighted by molar-refractivity contribution is -0.121. The van der Waals surface area contributed by atoms with E-state index in [4.69, 9.17) is 4.74 Å². The van der Waals surface area contributed by atoms with Gasteiger partial charge in [-0.15, -0.1) is 0 Å². The van der Waals surface area contributed by atoms with Gasteiger partial charge in [-0.2, -0.15) is 0 Å². The highest BCUT2D eigenvalue weighted by molar-refractivity contribution is 5.78. The standard InChI is InChI=1S/C14H26N2O2/c1-3-4-10(2)16-13(17)9-15-12-7-8-18-14(12)11-5-6-11/h10-12,14-15H,3-9H2,1-2H3,(H,16,17). The maximum Gasteiger partial charge on any atom is 0.234 e. The van der Waals surface area contributed by atoms with Gasteiger partial charge in [0.25, 0.3) is 0 Å². The van der Waals surface area contributed by atoms with Crippen LogP contribution >= 0.6 is 0 Å². The third-order valence-electron chi connectivity index (χ3n) is 3.88. The molecule has 3 unspecified atom stereocenters. The van der Waals surface area contributed by atoms with Crippen LogP contribution in [0, 0.1) is 5.92 Å². The van der Waals surface area contributed by atoms with Crippen molar-refractivity contribution in [1.29, 1.82) is 0 Å². The summed E-state index contributed by atoms with van der Waals surface area (Å²) < 4.78 is 5.75. The second-order valence-electron chi connectivity index (χ2n) is 5.71. The van der Waals surface area contributed by atoms with Gasteiger partial charge in [0.15, 0.2) is 0 Å². The van der Waals surface area contributed by atoms with Gasteiger partial charge >= 0.3 is 0 Å². The Balaban J connectivity index is 1.65. The van der Waals surface area contributed by atoms with E-state index in [2.05, 4.69) is 24.5 Å². The number of ether oxygens (including phenoxy) is 1. The van der Waals surface area contributed by atoms with Crippen LogP contribution in [0.3, 0.4) is 0 Å². The van der Waals surface area contributed by atoms with Crippen molar-refractivity contribution in [2.24, 2.45) is 5.92 Å². The Kier molecular flexibility index (Phi) is 5.01. The highest BCUT2D eigenvalue weighted by Crippen LogP contribution is 2.38. The molecule has 2 N–H and O–H groups in total. The van der Waals surface area contributed by atoms with Crippen LogP contribution in [-0.4, -0.2) is 37.2 Å². The van der Waals surface area contributed by atoms with Crippen molar-refractivity contribution in [3.8, 4) is 0 Å². The first-order valence-corrected chi connectivity index (χ1v) is 7.35. The van der Waals surface area contributed by atoms with Gasteiger partial charge in [0.1, 0.15) is 0 Å². The zero-order valence-corrected chi connectivity index (χ0v) is 11.6. The summed E-state index contributed by atoms with van der Waals surface area (Å²) in [5, 5.41) is 6.39. The van der Waals surface area contributed by atoms with Gasteiger partial charge in [0.2, 0.25) is 5.91 Å². The van der Waals surface area contributed by atoms with E-state index in [1.165, 1.54) is 12.8 Å². The van der Waals surface area contributed by atoms with Crippen LogP contribution in [0.1, 0.15) is 46.0 Å². The minimum atomic E-state index is 0.109. The monoisotopic (exact) mass is 254 g/mol. The van der Waals surface area contributed by atoms with Crippen molar-refractivity contribution in [3.63, 3.8) is 0 Å². The topological polar surface area (TPSA) is 50.4 Å². The zero-order chi connectivity index (χ0) is 13.0. The van der Waals surface area contributed by atoms with Crippen molar-refractivity contribution in [1.82, 2.24) is 10.6 Å². The Morgan fingerprint density at radius 2 is 2.17 bits per heavy atom. The van der Waals surface area contributed by atoms with Crippen LogP contribution in [0.15, 0.2) is 0 Å². The normalized spacial score (nSPS) is 29.2. The number of hydrogen-bond acceptors (Lipinski definition) is 3. The molecule has 2 rings (SSSR count). The number of hydrogen-bond donors (Lipinski definition) is 2. The van der Waals surface area contributed by atoms with E-state index in [0.29, 0.717) is 18.7 Å². The molecule has 4 heteroatoms. The largest absolute Gasteiger partial charge is 0.376 e. The molecule has 3 atom stereocenters. The summed E-state index contributed by atoms with van der Waals surface area (Å²) in [6, 6.07) is 0.660. The minimum Gasteiger partial charge on any atom is -0.376 e. The molecule has 18 heavy (non-hydrogen) atoms. The highest BCUT2D eigenvalue weighted by atomic mass is 16.5. The Hall–Kier alpha value is -0.610. The van der Waals surface area contributed by atoms with Gasteiger partial charge in [0.05, 0.1) is 12.6 Å². The number of nitrogens with one attached hydrogen (secondary N) is 2. The molecule has 1 heterocycles. The van der Waals surface area contributed by atoms with Crippen molar-refractivity contribution >= 4 is 5.91 Å². The Morgan fingerprint density at radius 1 is 1.39 bits per heavy atom. The number of rotatable bonds is 7. The van der Waals surface area contributed by atoms with Gasteiger partial charge < -0.3 is 15.4 Å². The Labute approximate surface area is 110 Å². The fourth-order valence-corrected chi connectivity index (χ4v) is 2.77. The summed E-state index contributed by atoms with van der Waals surface area (Å²) >= 11 is 0. The number of carbonyl (C=O) groups is 1. The molecule has 2 fully saturated rings. The molecule has 1 aliphatic carbocycles. The first-order valence-electron chi connectivity index (χ1n) is 7.35. The highest BCUT2D eigenvalue weighted by Gasteiger charge is 2.40. The lowest BCUT2D eigenvalue weighted by Gasteiger charge is -2.20. The molecule has 104 valence electrons. The van der Waals surface area contributed by atoms with Gasteiger partial charge in [-0.25, -0.2) is 0 Å². The lowest BCUT2D eigenvalue weighted by Crippen LogP contribution is -2.45. The number of carbonyl (C=O) groups excluding carboxylic acids is 1. The van der Waals surface area contributed by atoms with E-state index in [1.54, 1.807) is 0 Å². The van der Waals surface area contributed by atoms with Crippen molar-refractivity contribution in [2.45, 2.75) is 64.1 Å². The van der Waals surface area contributed by atoms with Crippen molar-refractivity contribution < 1.29 is 9.53 Å². The molecule has 0 aromatic rings. The predicted octanol–water partition coefficient (Wildman–Crippen LogP) is 1.45. The van der Waals surface area contributed by atoms with Crippen LogP contribution in [0.2, 0.25) is 0 Å². The third kappa shape index (κ3) is 3.95. The van der Waals surface area contributed by atoms with Gasteiger partial charge in [0, 0.05) is 18.7 Å². The smallest absolute Gasteiger partial charge is 0.234 e. The number of amides is 1. The molecule has 1 saturated heterocycles. The first-order chi connectivity index (χ1) is 8.70. The summed E-state index contributed by atoms with van der Waals surface area (Å²) in [6.45, 7) is 5.46. The fraction of sp³-hybridized carbons (Fsp3) is 0.929. The summed E-state index contributed by atoms with van der Waals surface area (Å²) in [4.78, 5) is 11.8. The molecule has 0 spiro atoms. The predicted molar refractivity (Wildman–Crippen MR) is 71.4 cm³/mol. The summed E-state index contributed by atoms with van der Waals surface area (Å²) in [5.74, 6) is 0.851. The fourth-order valence-electron chi connectivity index (χ4n) is 2.77. The lowest BCUT2D eigenvalue weighted by atomic mass is 10.1. The van der Waals surface area contributed by atoms with E-state index >= 15 is 0 Å². The second kappa shape index (κ2) is 6.53. The maximum atomic E-state index is 11.8. The molecule has 4 nitrogen and oxygen atoms in total. The van der Waals surface area contributed by atoms with E-state index in [9.17, 15) is 4.79 Å². The summed E-state index contributed by atoms with van der Waals surface area (Å²) in [5.41, 5.74) is 0. The summed E-state index contributed by atoms with van der Waals surface area (Å²) in [6.07, 6.45) is 6.13. The van der Waals surface area contributed by atoms with Gasteiger partial charge in [-0.1, -0.05) is 13.3 Å². The molecule has 0 radical (unpaired) electrons. The van der Waals surface area contributed by atoms with Crippen LogP contribution in [0.5, 0.6) is 0 Å². The Bertz CT molecular complexity index is 279. The van der Waals surface area contributed by atoms with Crippen LogP contribution < -0.4 is 10.6 Å². The average molecular weight is 254 g/mol. The molecular weight excluding hydrogens is 228 g/mol. The van der Waals surface area contributed by atoms with E-state index in [1.807, 2.05) is 0 Å². The first kappa shape index (κ1) is 13.8. The van der Waals surface area contributed by atoms with Crippen LogP contribution in [0.25, 0.3) is 0 Å². The quantitative estimate of drug-likeness (QED) is 0.723. The maximum absolute atomic E-state index is 11.8. The molecule has 0 bridgehead atoms. The van der Waals surface area contributed by atoms with Gasteiger partial charge in [-0.3, -0.25) is 4.79 Å². The van der Waals surface area contributed by atoms with E-state index in [-0.39, 0.29) is 11.9 Å². The average Bonchev–Trinajstić information content (AvgIpc) is 3.06. The summed E-state index contributed by atoms with van der Waals surface area (Å²) in [7, 11) is 0. The second-order valence-corrected chi connectivity index (χ2v) is 5.71. The van der Waals surface area contributed by atoms with E-state index < -0.39 is 0 Å².